The molecule has 2 aromatic rings. The first-order chi connectivity index (χ1) is 9.13. The number of hydrogen-bond acceptors (Lipinski definition) is 5. The van der Waals surface area contributed by atoms with E-state index in [0.717, 1.165) is 16.2 Å². The second kappa shape index (κ2) is 5.71. The van der Waals surface area contributed by atoms with Gasteiger partial charge < -0.3 is 10.9 Å². The van der Waals surface area contributed by atoms with E-state index in [1.165, 1.54) is 11.8 Å². The van der Waals surface area contributed by atoms with Gasteiger partial charge in [-0.2, -0.15) is 5.10 Å². The number of amidine groups is 1. The van der Waals surface area contributed by atoms with E-state index in [4.69, 9.17) is 10.9 Å². The Morgan fingerprint density at radius 1 is 1.21 bits per heavy atom. The van der Waals surface area contributed by atoms with Crippen molar-refractivity contribution in [1.82, 2.24) is 10.2 Å². The number of aromatic nitrogens is 2. The van der Waals surface area contributed by atoms with E-state index in [1.807, 2.05) is 44.2 Å². The molecule has 2 rings (SSSR count). The van der Waals surface area contributed by atoms with Gasteiger partial charge in [0.25, 0.3) is 0 Å². The normalized spacial score (nSPS) is 11.6. The molecule has 1 aromatic heterocycles. The Morgan fingerprint density at radius 2 is 1.89 bits per heavy atom. The van der Waals surface area contributed by atoms with Gasteiger partial charge in [-0.1, -0.05) is 35.1 Å². The van der Waals surface area contributed by atoms with E-state index in [9.17, 15) is 0 Å². The standard InChI is InChI=1S/C13H14N4OS/c1-8-9(2)15-16-13(11(8)12(14)17-18)19-10-6-4-3-5-7-10/h3-7,18H,1-2H3,(H2,14,17). The smallest absolute Gasteiger partial charge is 0.173 e. The van der Waals surface area contributed by atoms with E-state index >= 15 is 0 Å². The molecule has 3 N–H and O–H groups in total. The highest BCUT2D eigenvalue weighted by molar-refractivity contribution is 7.99. The van der Waals surface area contributed by atoms with E-state index in [2.05, 4.69) is 15.4 Å². The fraction of sp³-hybridized carbons (Fsp3) is 0.154. The third-order valence-corrected chi connectivity index (χ3v) is 3.73. The zero-order chi connectivity index (χ0) is 13.8. The Labute approximate surface area is 115 Å². The van der Waals surface area contributed by atoms with Gasteiger partial charge in [-0.3, -0.25) is 0 Å². The topological polar surface area (TPSA) is 84.4 Å². The molecule has 0 unspecified atom stereocenters. The zero-order valence-corrected chi connectivity index (χ0v) is 11.5. The van der Waals surface area contributed by atoms with Crippen LogP contribution in [0.1, 0.15) is 16.8 Å². The molecule has 0 saturated heterocycles. The highest BCUT2D eigenvalue weighted by Crippen LogP contribution is 2.30. The molecule has 0 aliphatic carbocycles. The summed E-state index contributed by atoms with van der Waals surface area (Å²) in [5.41, 5.74) is 7.99. The van der Waals surface area contributed by atoms with Crippen molar-refractivity contribution < 1.29 is 5.21 Å². The van der Waals surface area contributed by atoms with Crippen LogP contribution in [0.2, 0.25) is 0 Å². The number of aryl methyl sites for hydroxylation is 1. The molecule has 0 spiro atoms. The number of rotatable bonds is 3. The SMILES string of the molecule is Cc1nnc(Sc2ccccc2)c(C(N)=NO)c1C. The first-order valence-corrected chi connectivity index (χ1v) is 6.49. The lowest BCUT2D eigenvalue weighted by atomic mass is 10.1. The average Bonchev–Trinajstić information content (AvgIpc) is 2.44. The van der Waals surface area contributed by atoms with E-state index in [1.54, 1.807) is 0 Å². The van der Waals surface area contributed by atoms with Gasteiger partial charge in [0.1, 0.15) is 5.03 Å². The minimum Gasteiger partial charge on any atom is -0.409 e. The van der Waals surface area contributed by atoms with Crippen LogP contribution in [0.4, 0.5) is 0 Å². The average molecular weight is 274 g/mol. The number of nitrogens with zero attached hydrogens (tertiary/aromatic N) is 3. The number of oxime groups is 1. The molecule has 5 nitrogen and oxygen atoms in total. The summed E-state index contributed by atoms with van der Waals surface area (Å²) in [5, 5.41) is 20.8. The first kappa shape index (κ1) is 13.4. The summed E-state index contributed by atoms with van der Waals surface area (Å²) in [7, 11) is 0. The molecule has 0 amide bonds. The predicted molar refractivity (Wildman–Crippen MR) is 74.6 cm³/mol. The van der Waals surface area contributed by atoms with Crippen molar-refractivity contribution in [3.8, 4) is 0 Å². The summed E-state index contributed by atoms with van der Waals surface area (Å²) in [6.45, 7) is 3.72. The Balaban J connectivity index is 2.49. The molecule has 1 heterocycles. The van der Waals surface area contributed by atoms with Crippen LogP contribution in [0.15, 0.2) is 45.4 Å². The number of benzene rings is 1. The maximum Gasteiger partial charge on any atom is 0.173 e. The number of nitrogens with two attached hydrogens (primary N) is 1. The van der Waals surface area contributed by atoms with Crippen LogP contribution in [-0.4, -0.2) is 21.2 Å². The van der Waals surface area contributed by atoms with Gasteiger partial charge in [0.15, 0.2) is 5.84 Å². The van der Waals surface area contributed by atoms with Crippen LogP contribution in [0, 0.1) is 13.8 Å². The largest absolute Gasteiger partial charge is 0.409 e. The third kappa shape index (κ3) is 2.85. The van der Waals surface area contributed by atoms with E-state index < -0.39 is 0 Å². The molecule has 0 aliphatic heterocycles. The summed E-state index contributed by atoms with van der Waals surface area (Å²) in [6, 6.07) is 9.77. The highest BCUT2D eigenvalue weighted by atomic mass is 32.2. The lowest BCUT2D eigenvalue weighted by Crippen LogP contribution is -2.18. The maximum absolute atomic E-state index is 8.90. The van der Waals surface area contributed by atoms with Gasteiger partial charge in [-0.15, -0.1) is 5.10 Å². The van der Waals surface area contributed by atoms with Crippen molar-refractivity contribution in [2.75, 3.05) is 0 Å². The van der Waals surface area contributed by atoms with Gasteiger partial charge in [-0.25, -0.2) is 0 Å². The number of hydrogen-bond donors (Lipinski definition) is 2. The molecule has 0 aliphatic rings. The van der Waals surface area contributed by atoms with Crippen molar-refractivity contribution in [1.29, 1.82) is 0 Å². The van der Waals surface area contributed by atoms with Crippen molar-refractivity contribution in [3.05, 3.63) is 47.2 Å². The molecule has 0 atom stereocenters. The molecule has 0 bridgehead atoms. The van der Waals surface area contributed by atoms with E-state index in [0.29, 0.717) is 10.6 Å². The molecular formula is C13H14N4OS. The van der Waals surface area contributed by atoms with Crippen molar-refractivity contribution >= 4 is 17.6 Å². The molecule has 6 heteroatoms. The Hall–Kier alpha value is -2.08. The van der Waals surface area contributed by atoms with Gasteiger partial charge >= 0.3 is 0 Å². The molecular weight excluding hydrogens is 260 g/mol. The monoisotopic (exact) mass is 274 g/mol. The lowest BCUT2D eigenvalue weighted by Gasteiger charge is -2.10. The van der Waals surface area contributed by atoms with Crippen LogP contribution < -0.4 is 5.73 Å². The summed E-state index contributed by atoms with van der Waals surface area (Å²) in [5.74, 6) is 0.0499. The third-order valence-electron chi connectivity index (χ3n) is 2.74. The van der Waals surface area contributed by atoms with Crippen LogP contribution in [0.25, 0.3) is 0 Å². The van der Waals surface area contributed by atoms with Gasteiger partial charge in [0.05, 0.1) is 11.3 Å². The summed E-state index contributed by atoms with van der Waals surface area (Å²) >= 11 is 1.44. The minimum absolute atomic E-state index is 0.0499. The fourth-order valence-corrected chi connectivity index (χ4v) is 2.57. The summed E-state index contributed by atoms with van der Waals surface area (Å²) in [4.78, 5) is 1.02. The second-order valence-electron chi connectivity index (χ2n) is 3.99. The molecule has 0 radical (unpaired) electrons. The molecule has 98 valence electrons. The van der Waals surface area contributed by atoms with Crippen molar-refractivity contribution in [2.24, 2.45) is 10.9 Å². The zero-order valence-electron chi connectivity index (χ0n) is 10.7. The van der Waals surface area contributed by atoms with Gasteiger partial charge in [0, 0.05) is 4.90 Å². The van der Waals surface area contributed by atoms with Crippen LogP contribution in [-0.2, 0) is 0 Å². The Bertz CT molecular complexity index is 614. The maximum atomic E-state index is 8.90. The quantitative estimate of drug-likeness (QED) is 0.388. The summed E-state index contributed by atoms with van der Waals surface area (Å²) in [6.07, 6.45) is 0. The van der Waals surface area contributed by atoms with Crippen molar-refractivity contribution in [2.45, 2.75) is 23.8 Å². The van der Waals surface area contributed by atoms with Gasteiger partial charge in [-0.05, 0) is 31.5 Å². The Kier molecular flexibility index (Phi) is 4.01. The fourth-order valence-electron chi connectivity index (χ4n) is 1.61. The first-order valence-electron chi connectivity index (χ1n) is 5.68. The summed E-state index contributed by atoms with van der Waals surface area (Å²) < 4.78 is 0. The molecule has 0 saturated carbocycles. The predicted octanol–water partition coefficient (Wildman–Crippen LogP) is 2.34. The van der Waals surface area contributed by atoms with Gasteiger partial charge in [0.2, 0.25) is 0 Å². The molecule has 19 heavy (non-hydrogen) atoms. The second-order valence-corrected chi connectivity index (χ2v) is 5.05. The van der Waals surface area contributed by atoms with Crippen LogP contribution >= 0.6 is 11.8 Å². The van der Waals surface area contributed by atoms with Crippen LogP contribution in [0.5, 0.6) is 0 Å². The van der Waals surface area contributed by atoms with E-state index in [-0.39, 0.29) is 5.84 Å². The Morgan fingerprint density at radius 3 is 2.53 bits per heavy atom. The van der Waals surface area contributed by atoms with Crippen LogP contribution in [0.3, 0.4) is 0 Å². The van der Waals surface area contributed by atoms with Crippen molar-refractivity contribution in [3.63, 3.8) is 0 Å². The highest BCUT2D eigenvalue weighted by Gasteiger charge is 2.16. The lowest BCUT2D eigenvalue weighted by molar-refractivity contribution is 0.318. The minimum atomic E-state index is 0.0499. The molecule has 0 fully saturated rings. The molecule has 1 aromatic carbocycles.